The quantitative estimate of drug-likeness (QED) is 0.0271. The molecule has 0 bridgehead atoms. The van der Waals surface area contributed by atoms with E-state index in [2.05, 4.69) is 104 Å². The summed E-state index contributed by atoms with van der Waals surface area (Å²) in [6.07, 6.45) is 25.7. The molecule has 0 radical (unpaired) electrons. The Bertz CT molecular complexity index is 5530. The number of aromatic nitrogens is 18. The van der Waals surface area contributed by atoms with Gasteiger partial charge in [-0.2, -0.15) is 0 Å². The van der Waals surface area contributed by atoms with E-state index < -0.39 is 71.2 Å². The number of amides is 12. The molecule has 12 rings (SSSR count). The molecular weight excluding hydrogens is 1780 g/mol. The normalized spacial score (nSPS) is 11.2. The first kappa shape index (κ1) is 93.5. The Kier molecular flexibility index (Phi) is 31.3. The second kappa shape index (κ2) is 41.1. The second-order valence-electron chi connectivity index (χ2n) is 27.6. The zero-order chi connectivity index (χ0) is 86.5. The van der Waals surface area contributed by atoms with Crippen molar-refractivity contribution in [2.24, 2.45) is 84.6 Å². The zero-order valence-electron chi connectivity index (χ0n) is 68.5. The predicted octanol–water partition coefficient (Wildman–Crippen LogP) is 4.71. The van der Waals surface area contributed by atoms with Gasteiger partial charge in [0.1, 0.15) is 22.8 Å². The van der Waals surface area contributed by atoms with E-state index in [-0.39, 0.29) is 154 Å². The van der Waals surface area contributed by atoms with Crippen molar-refractivity contribution >= 4 is 128 Å². The van der Waals surface area contributed by atoms with Crippen molar-refractivity contribution in [2.75, 3.05) is 79.6 Å². The van der Waals surface area contributed by atoms with Gasteiger partial charge in [0.25, 0.3) is 59.1 Å². The van der Waals surface area contributed by atoms with Gasteiger partial charge in [-0.3, -0.25) is 57.5 Å². The molecule has 0 fully saturated rings. The number of anilines is 10. The van der Waals surface area contributed by atoms with E-state index in [4.69, 9.17) is 11.5 Å². The van der Waals surface area contributed by atoms with Crippen LogP contribution in [0.2, 0.25) is 0 Å². The Hall–Kier alpha value is -15.0. The van der Waals surface area contributed by atoms with Crippen molar-refractivity contribution in [3.63, 3.8) is 0 Å². The summed E-state index contributed by atoms with van der Waals surface area (Å²) in [5.41, 5.74) is 19.1. The zero-order valence-corrected chi connectivity index (χ0v) is 70.8. The molecule has 49 heteroatoms. The number of imidazole rings is 6. The van der Waals surface area contributed by atoms with Crippen molar-refractivity contribution in [3.8, 4) is 0 Å². The molecule has 0 aliphatic heterocycles. The number of carbonyl (C=O) groups excluding carboxylic acids is 12. The monoisotopic (exact) mass is 1870 g/mol. The molecule has 12 amide bonds. The van der Waals surface area contributed by atoms with Gasteiger partial charge in [0.15, 0.2) is 34.9 Å². The minimum Gasteiger partial charge on any atom is -0.693 e. The Morgan fingerprint density at radius 1 is 0.309 bits per heavy atom. The summed E-state index contributed by atoms with van der Waals surface area (Å²) in [6.45, 7) is -0.534. The fourth-order valence-electron chi connectivity index (χ4n) is 12.4. The van der Waals surface area contributed by atoms with Gasteiger partial charge in [-0.15, -0.1) is 0 Å². The third-order valence-corrected chi connectivity index (χ3v) is 18.3. The van der Waals surface area contributed by atoms with Crippen LogP contribution < -0.4 is 74.4 Å². The Balaban J connectivity index is 0.000000298. The van der Waals surface area contributed by atoms with Gasteiger partial charge in [-0.25, -0.2) is 29.9 Å². The van der Waals surface area contributed by atoms with Crippen LogP contribution in [0.3, 0.4) is 0 Å². The Labute approximate surface area is 715 Å². The molecule has 48 nitrogen and oxygen atoms in total. The molecule has 650 valence electrons. The summed E-state index contributed by atoms with van der Waals surface area (Å²) in [5.74, 6) is -5.51. The molecule has 0 aliphatic carbocycles. The van der Waals surface area contributed by atoms with Crippen LogP contribution in [-0.2, 0) is 115 Å². The maximum atomic E-state index is 13.3. The van der Waals surface area contributed by atoms with E-state index in [1.807, 2.05) is 14.1 Å². The van der Waals surface area contributed by atoms with Gasteiger partial charge >= 0.3 is 21.1 Å². The third-order valence-electron chi connectivity index (χ3n) is 18.3. The third kappa shape index (κ3) is 23.3. The average molecular weight is 1870 g/mol. The van der Waals surface area contributed by atoms with Crippen molar-refractivity contribution in [2.45, 2.75) is 24.9 Å². The first-order valence-corrected chi connectivity index (χ1v) is 36.6. The molecule has 12 aromatic heterocycles. The average Bonchev–Trinajstić information content (AvgIpc) is 1.69. The topological polar surface area (TPSA) is 624 Å². The van der Waals surface area contributed by atoms with Crippen molar-refractivity contribution in [1.29, 1.82) is 0 Å². The Morgan fingerprint density at radius 3 is 0.837 bits per heavy atom. The molecule has 12 heterocycles. The van der Waals surface area contributed by atoms with Crippen LogP contribution in [0, 0.1) is 0 Å². The molecule has 2 atom stereocenters. The maximum absolute atomic E-state index is 13.3. The molecule has 12 aromatic rings. The second-order valence-corrected chi connectivity index (χ2v) is 27.6. The van der Waals surface area contributed by atoms with Crippen LogP contribution in [0.25, 0.3) is 23.8 Å². The standard InChI is InChI=1S/2C37H44N17O6.2H2N.Pt/c2*1-49-11-8-21(15-49)42-33(56)25-14-23(17-52(25)4)44-34(57)26-13-22(16-51(26)3)43-32(55)24(41-20-38)7-9-40-35(58)30-45-27(18-53(30)5)48-37(60)31-46-28(19-54(31)6)47-36(59)29-39-10-12-50(29)2;;;/h2*8,10-19,24,38,41H,7,9,20H2,1-6H3,(H,40,58)(H,42,56)(H,43,55)(H,44,57)(H,47,59)(H,48,60);2*1H2;/q4*-1;+4. The molecule has 0 aromatic carbocycles. The van der Waals surface area contributed by atoms with E-state index in [1.165, 1.54) is 85.9 Å². The van der Waals surface area contributed by atoms with E-state index in [1.54, 1.807) is 175 Å². The fourth-order valence-corrected chi connectivity index (χ4v) is 12.4. The number of nitrogens with two attached hydrogens (primary N) is 2. The Morgan fingerprint density at radius 2 is 0.577 bits per heavy atom. The number of carbonyl (C=O) groups is 12. The molecule has 0 saturated heterocycles. The van der Waals surface area contributed by atoms with Crippen LogP contribution >= 0.6 is 0 Å². The van der Waals surface area contributed by atoms with Crippen LogP contribution in [-0.4, -0.2) is 194 Å². The molecule has 0 spiro atoms. The van der Waals surface area contributed by atoms with Crippen molar-refractivity contribution in [3.05, 3.63) is 217 Å². The summed E-state index contributed by atoms with van der Waals surface area (Å²) in [4.78, 5) is 181. The van der Waals surface area contributed by atoms with Crippen molar-refractivity contribution < 1.29 is 78.6 Å². The van der Waals surface area contributed by atoms with Crippen LogP contribution in [0.15, 0.2) is 136 Å². The molecule has 2 unspecified atom stereocenters. The molecular formula is C74H92N36O12Pt. The summed E-state index contributed by atoms with van der Waals surface area (Å²) in [7, 11) is 20.0. The minimum atomic E-state index is -0.891. The van der Waals surface area contributed by atoms with Gasteiger partial charge in [0, 0.05) is 197 Å². The van der Waals surface area contributed by atoms with E-state index in [9.17, 15) is 57.5 Å². The largest absolute Gasteiger partial charge is 4.00 e. The van der Waals surface area contributed by atoms with Crippen LogP contribution in [0.1, 0.15) is 119 Å². The molecule has 20 N–H and O–H groups in total. The number of nitrogens with zero attached hydrogens (tertiary/aromatic N) is 18. The van der Waals surface area contributed by atoms with Gasteiger partial charge in [0.05, 0.1) is 46.2 Å². The molecule has 123 heavy (non-hydrogen) atoms. The van der Waals surface area contributed by atoms with E-state index in [0.29, 0.717) is 45.5 Å². The number of hydrogen-bond acceptors (Lipinski definition) is 20. The SMILES string of the molecule is Cn1ccc(NC(=O)c2cc(NC(=O)c3cc(NC(=O)C(CCNC(=O)c4nc(NC(=O)c5nc(NC(=O)c6nccn6C)cn5C)cn4C)NC[NH-])cn3C)cn2C)c1.Cn1ccc(NC(=O)c2cc(NC(=O)c3cc(NC(=O)C(CCNC(=O)c4nc(NC(=O)c5nc(NC(=O)c6nccn6C)cn5C)cn4C)NC[NH-])cn3C)cn2C)c1.[NH2-].[NH2-].[Pt+4]. The predicted molar refractivity (Wildman–Crippen MR) is 449 cm³/mol. The summed E-state index contributed by atoms with van der Waals surface area (Å²) in [5, 5.41) is 38.1. The summed E-state index contributed by atoms with van der Waals surface area (Å²) >= 11 is 0. The van der Waals surface area contributed by atoms with Gasteiger partial charge in [-0.1, -0.05) is 13.3 Å². The maximum Gasteiger partial charge on any atom is 4.00 e. The number of aryl methyl sites for hydroxylation is 12. The van der Waals surface area contributed by atoms with Crippen LogP contribution in [0.4, 0.5) is 57.4 Å². The van der Waals surface area contributed by atoms with E-state index in [0.717, 1.165) is 0 Å². The van der Waals surface area contributed by atoms with Crippen molar-refractivity contribution in [1.82, 2.24) is 106 Å². The number of rotatable bonds is 32. The summed E-state index contributed by atoms with van der Waals surface area (Å²) < 4.78 is 18.6. The summed E-state index contributed by atoms with van der Waals surface area (Å²) in [6, 6.07) is 7.83. The molecule has 0 saturated carbocycles. The smallest absolute Gasteiger partial charge is 0.693 e. The van der Waals surface area contributed by atoms with Gasteiger partial charge in [-0.05, 0) is 49.2 Å². The minimum absolute atomic E-state index is 0. The number of hydrogen-bond donors (Lipinski definition) is 14. The van der Waals surface area contributed by atoms with Crippen LogP contribution in [0.5, 0.6) is 0 Å². The molecule has 0 aliphatic rings. The first-order chi connectivity index (χ1) is 57.2. The van der Waals surface area contributed by atoms with Gasteiger partial charge < -0.3 is 153 Å². The first-order valence-electron chi connectivity index (χ1n) is 36.6. The number of nitrogens with one attached hydrogen (secondary N) is 16. The fraction of sp³-hybridized carbons (Fsp3) is 0.270. The van der Waals surface area contributed by atoms with E-state index >= 15 is 0 Å². The van der Waals surface area contributed by atoms with Gasteiger partial charge in [0.2, 0.25) is 35.1 Å².